The molecule has 94 valence electrons. The van der Waals surface area contributed by atoms with Crippen LogP contribution in [0.1, 0.15) is 39.0 Å². The molecule has 1 aliphatic carbocycles. The van der Waals surface area contributed by atoms with Crippen LogP contribution in [0.2, 0.25) is 0 Å². The third kappa shape index (κ3) is 2.70. The summed E-state index contributed by atoms with van der Waals surface area (Å²) in [5.74, 6) is 0.643. The second-order valence-electron chi connectivity index (χ2n) is 5.37. The molecule has 1 saturated carbocycles. The van der Waals surface area contributed by atoms with Crippen molar-refractivity contribution in [1.82, 2.24) is 5.32 Å². The van der Waals surface area contributed by atoms with Gasteiger partial charge >= 0.3 is 6.18 Å². The molecular weight excluding hydrogens is 215 g/mol. The van der Waals surface area contributed by atoms with Crippen molar-refractivity contribution in [1.29, 1.82) is 0 Å². The van der Waals surface area contributed by atoms with Crippen LogP contribution in [0.15, 0.2) is 0 Å². The number of fused-ring (bicyclic) bond motifs is 1. The summed E-state index contributed by atoms with van der Waals surface area (Å²) in [5.41, 5.74) is 0. The van der Waals surface area contributed by atoms with Gasteiger partial charge in [-0.15, -0.1) is 0 Å². The first kappa shape index (κ1) is 12.2. The Morgan fingerprint density at radius 1 is 1.12 bits per heavy atom. The monoisotopic (exact) mass is 235 g/mol. The van der Waals surface area contributed by atoms with Crippen LogP contribution < -0.4 is 5.32 Å². The van der Waals surface area contributed by atoms with Crippen molar-refractivity contribution >= 4 is 0 Å². The van der Waals surface area contributed by atoms with E-state index in [1.807, 2.05) is 0 Å². The first-order valence-electron chi connectivity index (χ1n) is 6.27. The van der Waals surface area contributed by atoms with Gasteiger partial charge < -0.3 is 5.32 Å². The SMILES string of the molecule is CC1NCCC2C(CC(F)(F)F)CCCC12. The minimum atomic E-state index is -3.99. The fraction of sp³-hybridized carbons (Fsp3) is 1.00. The molecule has 4 atom stereocenters. The molecule has 0 aromatic carbocycles. The summed E-state index contributed by atoms with van der Waals surface area (Å²) in [6.45, 7) is 3.00. The lowest BCUT2D eigenvalue weighted by Crippen LogP contribution is -2.48. The quantitative estimate of drug-likeness (QED) is 0.735. The molecule has 16 heavy (non-hydrogen) atoms. The molecule has 0 aromatic rings. The molecule has 0 bridgehead atoms. The van der Waals surface area contributed by atoms with Gasteiger partial charge in [0.1, 0.15) is 0 Å². The van der Waals surface area contributed by atoms with Gasteiger partial charge in [0.2, 0.25) is 0 Å². The summed E-state index contributed by atoms with van der Waals surface area (Å²) in [7, 11) is 0. The van der Waals surface area contributed by atoms with E-state index in [2.05, 4.69) is 12.2 Å². The number of rotatable bonds is 1. The lowest BCUT2D eigenvalue weighted by molar-refractivity contribution is -0.155. The molecule has 1 N–H and O–H groups in total. The first-order chi connectivity index (χ1) is 7.47. The zero-order valence-corrected chi connectivity index (χ0v) is 9.69. The summed E-state index contributed by atoms with van der Waals surface area (Å²) in [6.07, 6.45) is -0.786. The van der Waals surface area contributed by atoms with E-state index in [0.29, 0.717) is 17.9 Å². The van der Waals surface area contributed by atoms with Crippen molar-refractivity contribution in [2.45, 2.75) is 51.2 Å². The number of hydrogen-bond acceptors (Lipinski definition) is 1. The number of nitrogens with one attached hydrogen (secondary N) is 1. The van der Waals surface area contributed by atoms with Crippen LogP contribution in [0.4, 0.5) is 13.2 Å². The van der Waals surface area contributed by atoms with Crippen LogP contribution in [-0.4, -0.2) is 18.8 Å². The van der Waals surface area contributed by atoms with E-state index in [1.54, 1.807) is 0 Å². The Morgan fingerprint density at radius 2 is 1.88 bits per heavy atom. The maximum atomic E-state index is 12.5. The lowest BCUT2D eigenvalue weighted by Gasteiger charge is -2.45. The number of halogens is 3. The normalized spacial score (nSPS) is 40.5. The predicted molar refractivity (Wildman–Crippen MR) is 57.1 cm³/mol. The van der Waals surface area contributed by atoms with Gasteiger partial charge in [-0.1, -0.05) is 6.42 Å². The molecular formula is C12H20F3N. The zero-order valence-electron chi connectivity index (χ0n) is 9.69. The van der Waals surface area contributed by atoms with Gasteiger partial charge in [-0.3, -0.25) is 0 Å². The summed E-state index contributed by atoms with van der Waals surface area (Å²) >= 11 is 0. The predicted octanol–water partition coefficient (Wildman–Crippen LogP) is 3.35. The lowest BCUT2D eigenvalue weighted by atomic mass is 9.65. The van der Waals surface area contributed by atoms with Crippen LogP contribution in [-0.2, 0) is 0 Å². The fourth-order valence-corrected chi connectivity index (χ4v) is 3.64. The second kappa shape index (κ2) is 4.55. The minimum absolute atomic E-state index is 0.122. The van der Waals surface area contributed by atoms with E-state index in [9.17, 15) is 13.2 Å². The third-order valence-corrected chi connectivity index (χ3v) is 4.35. The highest BCUT2D eigenvalue weighted by molar-refractivity contribution is 4.91. The van der Waals surface area contributed by atoms with Crippen molar-refractivity contribution in [3.8, 4) is 0 Å². The van der Waals surface area contributed by atoms with Crippen LogP contribution in [0, 0.1) is 17.8 Å². The van der Waals surface area contributed by atoms with Gasteiger partial charge in [-0.05, 0) is 50.5 Å². The van der Waals surface area contributed by atoms with E-state index in [0.717, 1.165) is 32.2 Å². The van der Waals surface area contributed by atoms with Gasteiger partial charge in [-0.25, -0.2) is 0 Å². The van der Waals surface area contributed by atoms with Crippen molar-refractivity contribution < 1.29 is 13.2 Å². The Balaban J connectivity index is 2.02. The second-order valence-corrected chi connectivity index (χ2v) is 5.37. The molecule has 2 aliphatic rings. The van der Waals surface area contributed by atoms with Crippen molar-refractivity contribution in [3.05, 3.63) is 0 Å². The molecule has 1 saturated heterocycles. The summed E-state index contributed by atoms with van der Waals surface area (Å²) in [4.78, 5) is 0. The van der Waals surface area contributed by atoms with Gasteiger partial charge in [-0.2, -0.15) is 13.2 Å². The van der Waals surface area contributed by atoms with E-state index in [4.69, 9.17) is 0 Å². The Bertz CT molecular complexity index is 239. The number of piperidine rings is 1. The summed E-state index contributed by atoms with van der Waals surface area (Å²) < 4.78 is 37.4. The number of alkyl halides is 3. The molecule has 0 spiro atoms. The van der Waals surface area contributed by atoms with Crippen LogP contribution >= 0.6 is 0 Å². The average Bonchev–Trinajstić information content (AvgIpc) is 2.17. The Hall–Kier alpha value is -0.250. The number of hydrogen-bond donors (Lipinski definition) is 1. The van der Waals surface area contributed by atoms with Crippen molar-refractivity contribution in [2.24, 2.45) is 17.8 Å². The standard InChI is InChI=1S/C12H20F3N/c1-8-10-4-2-3-9(7-12(13,14)15)11(10)5-6-16-8/h8-11,16H,2-7H2,1H3. The van der Waals surface area contributed by atoms with Crippen LogP contribution in [0.5, 0.6) is 0 Å². The maximum absolute atomic E-state index is 12.5. The molecule has 0 radical (unpaired) electrons. The smallest absolute Gasteiger partial charge is 0.314 e. The summed E-state index contributed by atoms with van der Waals surface area (Å²) in [5, 5.41) is 3.38. The zero-order chi connectivity index (χ0) is 11.8. The average molecular weight is 235 g/mol. The highest BCUT2D eigenvalue weighted by Crippen LogP contribution is 2.44. The van der Waals surface area contributed by atoms with Crippen LogP contribution in [0.25, 0.3) is 0 Å². The largest absolute Gasteiger partial charge is 0.389 e. The minimum Gasteiger partial charge on any atom is -0.314 e. The molecule has 2 rings (SSSR count). The Labute approximate surface area is 94.8 Å². The highest BCUT2D eigenvalue weighted by atomic mass is 19.4. The Kier molecular flexibility index (Phi) is 3.48. The topological polar surface area (TPSA) is 12.0 Å². The van der Waals surface area contributed by atoms with Gasteiger partial charge in [0.15, 0.2) is 0 Å². The van der Waals surface area contributed by atoms with Gasteiger partial charge in [0.25, 0.3) is 0 Å². The molecule has 4 unspecified atom stereocenters. The Morgan fingerprint density at radius 3 is 2.56 bits per heavy atom. The highest BCUT2D eigenvalue weighted by Gasteiger charge is 2.42. The first-order valence-corrected chi connectivity index (χ1v) is 6.27. The van der Waals surface area contributed by atoms with Crippen molar-refractivity contribution in [2.75, 3.05) is 6.54 Å². The maximum Gasteiger partial charge on any atom is 0.389 e. The van der Waals surface area contributed by atoms with Gasteiger partial charge in [0, 0.05) is 12.5 Å². The molecule has 4 heteroatoms. The molecule has 2 fully saturated rings. The van der Waals surface area contributed by atoms with Crippen LogP contribution in [0.3, 0.4) is 0 Å². The molecule has 0 amide bonds. The molecule has 1 aliphatic heterocycles. The fourth-order valence-electron chi connectivity index (χ4n) is 3.64. The van der Waals surface area contributed by atoms with E-state index >= 15 is 0 Å². The molecule has 1 heterocycles. The molecule has 0 aromatic heterocycles. The van der Waals surface area contributed by atoms with Gasteiger partial charge in [0.05, 0.1) is 0 Å². The summed E-state index contributed by atoms with van der Waals surface area (Å²) in [6, 6.07) is 0.398. The third-order valence-electron chi connectivity index (χ3n) is 4.35. The molecule has 1 nitrogen and oxygen atoms in total. The van der Waals surface area contributed by atoms with E-state index in [1.165, 1.54) is 0 Å². The van der Waals surface area contributed by atoms with E-state index in [-0.39, 0.29) is 5.92 Å². The van der Waals surface area contributed by atoms with E-state index < -0.39 is 12.6 Å². The van der Waals surface area contributed by atoms with Crippen molar-refractivity contribution in [3.63, 3.8) is 0 Å².